The Morgan fingerprint density at radius 3 is 2.75 bits per heavy atom. The van der Waals surface area contributed by atoms with Gasteiger partial charge < -0.3 is 4.90 Å². The van der Waals surface area contributed by atoms with Gasteiger partial charge in [-0.05, 0) is 36.8 Å². The Kier molecular flexibility index (Phi) is 5.17. The zero-order valence-electron chi connectivity index (χ0n) is 17.0. The second-order valence-corrected chi connectivity index (χ2v) is 10.5. The van der Waals surface area contributed by atoms with Gasteiger partial charge in [-0.2, -0.15) is 9.57 Å². The molecule has 4 aromatic rings. The van der Waals surface area contributed by atoms with Crippen molar-refractivity contribution in [2.24, 2.45) is 0 Å². The lowest BCUT2D eigenvalue weighted by Gasteiger charge is -2.21. The van der Waals surface area contributed by atoms with Crippen molar-refractivity contribution in [3.8, 4) is 6.07 Å². The second kappa shape index (κ2) is 8.02. The van der Waals surface area contributed by atoms with Gasteiger partial charge in [-0.15, -0.1) is 0 Å². The summed E-state index contributed by atoms with van der Waals surface area (Å²) in [6.07, 6.45) is 2.28. The Morgan fingerprint density at radius 2 is 1.91 bits per heavy atom. The van der Waals surface area contributed by atoms with E-state index in [4.69, 9.17) is 5.26 Å². The number of thiazole rings is 1. The number of benzene rings is 2. The first-order valence-corrected chi connectivity index (χ1v) is 12.4. The molecule has 10 heteroatoms. The topological polar surface area (TPSA) is 98.8 Å². The highest BCUT2D eigenvalue weighted by atomic mass is 32.2. The van der Waals surface area contributed by atoms with Gasteiger partial charge in [-0.1, -0.05) is 29.5 Å². The lowest BCUT2D eigenvalue weighted by atomic mass is 10.2. The van der Waals surface area contributed by atoms with Crippen LogP contribution in [0.15, 0.2) is 59.6 Å². The highest BCUT2D eigenvalue weighted by Crippen LogP contribution is 2.26. The van der Waals surface area contributed by atoms with E-state index in [1.165, 1.54) is 27.8 Å². The van der Waals surface area contributed by atoms with Crippen molar-refractivity contribution in [1.29, 1.82) is 5.26 Å². The molecule has 5 rings (SSSR count). The number of sulfonamides is 1. The average molecular weight is 466 g/mol. The Hall–Kier alpha value is -3.26. The quantitative estimate of drug-likeness (QED) is 0.463. The molecule has 3 heterocycles. The third-order valence-corrected chi connectivity index (χ3v) is 8.49. The predicted octanol–water partition coefficient (Wildman–Crippen LogP) is 2.96. The molecule has 2 aromatic carbocycles. The molecular formula is C22H19N5O3S2. The molecule has 0 N–H and O–H groups in total. The van der Waals surface area contributed by atoms with Crippen molar-refractivity contribution in [3.05, 3.63) is 66.0 Å². The summed E-state index contributed by atoms with van der Waals surface area (Å²) < 4.78 is 30.5. The van der Waals surface area contributed by atoms with Crippen LogP contribution in [0.5, 0.6) is 0 Å². The summed E-state index contributed by atoms with van der Waals surface area (Å²) in [5.74, 6) is -0.198. The SMILES string of the molecule is N#Cc1cccc(S(=O)(=O)N2CCCN(C(=O)c3cn4c(n3)sc3ccccc34)CC2)c1. The molecule has 1 aliphatic heterocycles. The van der Waals surface area contributed by atoms with Crippen LogP contribution in [0.3, 0.4) is 0 Å². The Bertz CT molecular complexity index is 1480. The summed E-state index contributed by atoms with van der Waals surface area (Å²) in [4.78, 5) is 20.1. The van der Waals surface area contributed by atoms with Gasteiger partial charge in [0.15, 0.2) is 4.96 Å². The van der Waals surface area contributed by atoms with Gasteiger partial charge in [0.05, 0.1) is 26.7 Å². The predicted molar refractivity (Wildman–Crippen MR) is 121 cm³/mol. The van der Waals surface area contributed by atoms with Crippen LogP contribution >= 0.6 is 11.3 Å². The maximum absolute atomic E-state index is 13.1. The minimum absolute atomic E-state index is 0.0949. The number of hydrogen-bond donors (Lipinski definition) is 0. The molecule has 0 saturated carbocycles. The number of nitrogens with zero attached hydrogens (tertiary/aromatic N) is 5. The molecule has 162 valence electrons. The fraction of sp³-hybridized carbons (Fsp3) is 0.227. The van der Waals surface area contributed by atoms with Crippen molar-refractivity contribution in [1.82, 2.24) is 18.6 Å². The van der Waals surface area contributed by atoms with Crippen LogP contribution in [0.25, 0.3) is 15.2 Å². The smallest absolute Gasteiger partial charge is 0.274 e. The van der Waals surface area contributed by atoms with Crippen molar-refractivity contribution in [3.63, 3.8) is 0 Å². The zero-order chi connectivity index (χ0) is 22.3. The lowest BCUT2D eigenvalue weighted by Crippen LogP contribution is -2.37. The minimum atomic E-state index is -3.74. The number of rotatable bonds is 3. The van der Waals surface area contributed by atoms with E-state index in [0.29, 0.717) is 30.8 Å². The Balaban J connectivity index is 1.35. The highest BCUT2D eigenvalue weighted by Gasteiger charge is 2.29. The van der Waals surface area contributed by atoms with Gasteiger partial charge in [-0.3, -0.25) is 9.20 Å². The first-order chi connectivity index (χ1) is 15.5. The summed E-state index contributed by atoms with van der Waals surface area (Å²) in [5.41, 5.74) is 1.66. The highest BCUT2D eigenvalue weighted by molar-refractivity contribution is 7.89. The molecule has 2 aromatic heterocycles. The standard InChI is InChI=1S/C22H19N5O3S2/c23-14-16-5-3-6-17(13-16)32(29,30)26-10-4-9-25(11-12-26)21(28)18-15-27-19-7-1-2-8-20(19)31-22(27)24-18/h1-3,5-8,13,15H,4,9-12H2. The van der Waals surface area contributed by atoms with E-state index in [1.54, 1.807) is 23.2 Å². The summed E-state index contributed by atoms with van der Waals surface area (Å²) >= 11 is 1.53. The molecule has 0 spiro atoms. The van der Waals surface area contributed by atoms with Gasteiger partial charge in [0.25, 0.3) is 5.91 Å². The molecule has 32 heavy (non-hydrogen) atoms. The molecule has 0 bridgehead atoms. The van der Waals surface area contributed by atoms with Crippen molar-refractivity contribution >= 4 is 42.4 Å². The zero-order valence-corrected chi connectivity index (χ0v) is 18.6. The summed E-state index contributed by atoms with van der Waals surface area (Å²) in [6.45, 7) is 1.23. The fourth-order valence-corrected chi connectivity index (χ4v) is 6.45. The normalized spacial score (nSPS) is 15.7. The van der Waals surface area contributed by atoms with Crippen LogP contribution < -0.4 is 0 Å². The number of amides is 1. The number of aromatic nitrogens is 2. The molecular weight excluding hydrogens is 446 g/mol. The number of carbonyl (C=O) groups is 1. The maximum Gasteiger partial charge on any atom is 0.274 e. The first-order valence-electron chi connectivity index (χ1n) is 10.1. The van der Waals surface area contributed by atoms with Gasteiger partial charge in [0, 0.05) is 32.4 Å². The summed E-state index contributed by atoms with van der Waals surface area (Å²) in [7, 11) is -3.74. The minimum Gasteiger partial charge on any atom is -0.336 e. The van der Waals surface area contributed by atoms with Crippen molar-refractivity contribution < 1.29 is 13.2 Å². The number of para-hydroxylation sites is 1. The van der Waals surface area contributed by atoms with Crippen LogP contribution in [0.2, 0.25) is 0 Å². The third-order valence-electron chi connectivity index (χ3n) is 5.56. The molecule has 0 radical (unpaired) electrons. The van der Waals surface area contributed by atoms with E-state index >= 15 is 0 Å². The lowest BCUT2D eigenvalue weighted by molar-refractivity contribution is 0.0759. The van der Waals surface area contributed by atoms with E-state index < -0.39 is 10.0 Å². The molecule has 1 fully saturated rings. The van der Waals surface area contributed by atoms with E-state index in [9.17, 15) is 13.2 Å². The van der Waals surface area contributed by atoms with Crippen LogP contribution in [-0.2, 0) is 10.0 Å². The van der Waals surface area contributed by atoms with Crippen molar-refractivity contribution in [2.75, 3.05) is 26.2 Å². The molecule has 0 aliphatic carbocycles. The molecule has 0 atom stereocenters. The van der Waals surface area contributed by atoms with Crippen LogP contribution in [-0.4, -0.2) is 59.1 Å². The maximum atomic E-state index is 13.1. The van der Waals surface area contributed by atoms with E-state index in [1.807, 2.05) is 34.7 Å². The van der Waals surface area contributed by atoms with Crippen LogP contribution in [0.4, 0.5) is 0 Å². The van der Waals surface area contributed by atoms with Crippen LogP contribution in [0.1, 0.15) is 22.5 Å². The molecule has 1 aliphatic rings. The third kappa shape index (κ3) is 3.54. The monoisotopic (exact) mass is 465 g/mol. The fourth-order valence-electron chi connectivity index (χ4n) is 3.93. The first kappa shape index (κ1) is 20.6. The number of imidazole rings is 1. The van der Waals surface area contributed by atoms with Crippen molar-refractivity contribution in [2.45, 2.75) is 11.3 Å². The second-order valence-electron chi connectivity index (χ2n) is 7.54. The van der Waals surface area contributed by atoms with E-state index in [-0.39, 0.29) is 23.9 Å². The number of carbonyl (C=O) groups excluding carboxylic acids is 1. The summed E-state index contributed by atoms with van der Waals surface area (Å²) in [6, 6.07) is 15.9. The van der Waals surface area contributed by atoms with Crippen LogP contribution in [0, 0.1) is 11.3 Å². The molecule has 0 unspecified atom stereocenters. The van der Waals surface area contributed by atoms with Gasteiger partial charge in [0.1, 0.15) is 5.69 Å². The number of hydrogen-bond acceptors (Lipinski definition) is 6. The molecule has 1 amide bonds. The van der Waals surface area contributed by atoms with Gasteiger partial charge >= 0.3 is 0 Å². The van der Waals surface area contributed by atoms with E-state index in [2.05, 4.69) is 4.98 Å². The van der Waals surface area contributed by atoms with Gasteiger partial charge in [-0.25, -0.2) is 13.4 Å². The number of nitriles is 1. The Morgan fingerprint density at radius 1 is 1.06 bits per heavy atom. The Labute approximate surface area is 189 Å². The average Bonchev–Trinajstić information content (AvgIpc) is 3.26. The largest absolute Gasteiger partial charge is 0.336 e. The molecule has 8 nitrogen and oxygen atoms in total. The van der Waals surface area contributed by atoms with Gasteiger partial charge in [0.2, 0.25) is 10.0 Å². The molecule has 1 saturated heterocycles. The summed E-state index contributed by atoms with van der Waals surface area (Å²) in [5, 5.41) is 9.07. The number of fused-ring (bicyclic) bond motifs is 3. The van der Waals surface area contributed by atoms with E-state index in [0.717, 1.165) is 15.2 Å².